The van der Waals surface area contributed by atoms with Crippen molar-refractivity contribution in [1.29, 1.82) is 5.26 Å². The van der Waals surface area contributed by atoms with Gasteiger partial charge in [-0.05, 0) is 17.5 Å². The van der Waals surface area contributed by atoms with Crippen LogP contribution < -0.4 is 10.3 Å². The van der Waals surface area contributed by atoms with Gasteiger partial charge < -0.3 is 0 Å². The number of benzene rings is 1. The van der Waals surface area contributed by atoms with E-state index in [2.05, 4.69) is 56.2 Å². The Morgan fingerprint density at radius 1 is 1.24 bits per heavy atom. The normalized spacial score (nSPS) is 15.5. The van der Waals surface area contributed by atoms with Crippen molar-refractivity contribution < 1.29 is 4.98 Å². The molecule has 0 saturated carbocycles. The highest BCUT2D eigenvalue weighted by Gasteiger charge is 2.34. The number of hydrogen-bond acceptors (Lipinski definition) is 3. The molecule has 0 spiro atoms. The molecule has 0 radical (unpaired) electrons. The standard InChI is InChI=1S/C21H25N3S/c1-14(2)19-18-13-25-21(3,4)10-16(18)17(11-22)20(24-19)23-12-15-8-6-5-7-9-15/h5-9,14H,10,12-13H2,1-4H3,(H,23,24)/p+1. The summed E-state index contributed by atoms with van der Waals surface area (Å²) in [4.78, 5) is 3.54. The SMILES string of the molecule is CC(C)c1[nH+]c(NCc2ccccc2)c(C#N)c2c1CSC(C)(C)C2. The van der Waals surface area contributed by atoms with E-state index in [1.54, 1.807) is 0 Å². The number of rotatable bonds is 4. The molecular formula is C21H26N3S+. The average molecular weight is 353 g/mol. The lowest BCUT2D eigenvalue weighted by Crippen LogP contribution is -2.31. The maximum Gasteiger partial charge on any atom is 0.291 e. The van der Waals surface area contributed by atoms with Crippen molar-refractivity contribution >= 4 is 17.6 Å². The first-order valence-corrected chi connectivity index (χ1v) is 9.82. The van der Waals surface area contributed by atoms with Crippen LogP contribution in [0.1, 0.15) is 61.6 Å². The minimum Gasteiger partial charge on any atom is -0.269 e. The molecule has 4 heteroatoms. The van der Waals surface area contributed by atoms with Crippen LogP contribution in [0.2, 0.25) is 0 Å². The number of aromatic amines is 1. The molecule has 0 aliphatic carbocycles. The fourth-order valence-electron chi connectivity index (χ4n) is 3.38. The molecule has 2 N–H and O–H groups in total. The fourth-order valence-corrected chi connectivity index (χ4v) is 4.49. The summed E-state index contributed by atoms with van der Waals surface area (Å²) in [5.41, 5.74) is 5.81. The number of thioether (sulfide) groups is 1. The second kappa shape index (κ2) is 7.09. The van der Waals surface area contributed by atoms with Gasteiger partial charge in [-0.15, -0.1) is 0 Å². The number of anilines is 1. The molecule has 1 aliphatic rings. The Morgan fingerprint density at radius 3 is 2.60 bits per heavy atom. The van der Waals surface area contributed by atoms with Crippen molar-refractivity contribution in [2.45, 2.75) is 57.1 Å². The van der Waals surface area contributed by atoms with E-state index in [9.17, 15) is 5.26 Å². The van der Waals surface area contributed by atoms with Crippen LogP contribution in [0.4, 0.5) is 5.82 Å². The summed E-state index contributed by atoms with van der Waals surface area (Å²) < 4.78 is 0.172. The molecular weight excluding hydrogens is 326 g/mol. The molecule has 3 rings (SSSR count). The molecule has 3 nitrogen and oxygen atoms in total. The molecule has 2 heterocycles. The predicted octanol–water partition coefficient (Wildman–Crippen LogP) is 4.68. The van der Waals surface area contributed by atoms with E-state index in [0.29, 0.717) is 12.5 Å². The quantitative estimate of drug-likeness (QED) is 0.869. The molecule has 0 atom stereocenters. The van der Waals surface area contributed by atoms with Crippen LogP contribution in [-0.4, -0.2) is 4.75 Å². The van der Waals surface area contributed by atoms with E-state index in [-0.39, 0.29) is 4.75 Å². The molecule has 1 aromatic heterocycles. The van der Waals surface area contributed by atoms with Crippen molar-refractivity contribution in [2.24, 2.45) is 0 Å². The van der Waals surface area contributed by atoms with Gasteiger partial charge in [0, 0.05) is 22.0 Å². The fraction of sp³-hybridized carbons (Fsp3) is 0.429. The highest BCUT2D eigenvalue weighted by molar-refractivity contribution is 7.99. The summed E-state index contributed by atoms with van der Waals surface area (Å²) in [7, 11) is 0. The minimum atomic E-state index is 0.172. The third-order valence-electron chi connectivity index (χ3n) is 4.71. The zero-order chi connectivity index (χ0) is 18.0. The zero-order valence-corrected chi connectivity index (χ0v) is 16.3. The van der Waals surface area contributed by atoms with Crippen LogP contribution in [0.3, 0.4) is 0 Å². The van der Waals surface area contributed by atoms with Crippen molar-refractivity contribution in [3.05, 3.63) is 58.3 Å². The molecule has 0 fully saturated rings. The molecule has 0 amide bonds. The third-order valence-corrected chi connectivity index (χ3v) is 6.07. The second-order valence-corrected chi connectivity index (χ2v) is 9.26. The smallest absolute Gasteiger partial charge is 0.269 e. The molecule has 0 unspecified atom stereocenters. The molecule has 0 bridgehead atoms. The number of nitrogens with zero attached hydrogens (tertiary/aromatic N) is 1. The van der Waals surface area contributed by atoms with Crippen molar-refractivity contribution in [3.63, 3.8) is 0 Å². The Kier molecular flexibility index (Phi) is 5.06. The van der Waals surface area contributed by atoms with Gasteiger partial charge in [0.1, 0.15) is 23.9 Å². The molecule has 2 aromatic rings. The summed E-state index contributed by atoms with van der Waals surface area (Å²) in [6, 6.07) is 12.8. The zero-order valence-electron chi connectivity index (χ0n) is 15.4. The average Bonchev–Trinajstić information content (AvgIpc) is 2.58. The van der Waals surface area contributed by atoms with Crippen LogP contribution >= 0.6 is 11.8 Å². The Hall–Kier alpha value is -1.99. The monoisotopic (exact) mass is 352 g/mol. The van der Waals surface area contributed by atoms with Gasteiger partial charge in [0.2, 0.25) is 0 Å². The Labute approximate surface area is 154 Å². The van der Waals surface area contributed by atoms with E-state index in [1.165, 1.54) is 22.4 Å². The highest BCUT2D eigenvalue weighted by atomic mass is 32.2. The highest BCUT2D eigenvalue weighted by Crippen LogP contribution is 2.42. The van der Waals surface area contributed by atoms with Gasteiger partial charge in [0.15, 0.2) is 0 Å². The van der Waals surface area contributed by atoms with Gasteiger partial charge in [0.25, 0.3) is 5.82 Å². The molecule has 1 aromatic carbocycles. The lowest BCUT2D eigenvalue weighted by atomic mass is 9.90. The number of nitrogens with one attached hydrogen (secondary N) is 2. The van der Waals surface area contributed by atoms with Gasteiger partial charge in [-0.25, -0.2) is 4.98 Å². The molecule has 25 heavy (non-hydrogen) atoms. The first kappa shape index (κ1) is 17.8. The predicted molar refractivity (Wildman–Crippen MR) is 105 cm³/mol. The van der Waals surface area contributed by atoms with Crippen molar-refractivity contribution in [2.75, 3.05) is 5.32 Å². The molecule has 130 valence electrons. The minimum absolute atomic E-state index is 0.172. The molecule has 1 aliphatic heterocycles. The first-order chi connectivity index (χ1) is 11.9. The van der Waals surface area contributed by atoms with Crippen molar-refractivity contribution in [1.82, 2.24) is 0 Å². The Balaban J connectivity index is 2.03. The van der Waals surface area contributed by atoms with Gasteiger partial charge >= 0.3 is 0 Å². The van der Waals surface area contributed by atoms with Gasteiger partial charge in [-0.3, -0.25) is 5.32 Å². The van der Waals surface area contributed by atoms with Gasteiger partial charge in [-0.2, -0.15) is 17.0 Å². The van der Waals surface area contributed by atoms with E-state index in [0.717, 1.165) is 23.6 Å². The van der Waals surface area contributed by atoms with E-state index >= 15 is 0 Å². The summed E-state index contributed by atoms with van der Waals surface area (Å²) >= 11 is 1.98. The van der Waals surface area contributed by atoms with Crippen LogP contribution in [-0.2, 0) is 18.7 Å². The van der Waals surface area contributed by atoms with E-state index in [4.69, 9.17) is 0 Å². The largest absolute Gasteiger partial charge is 0.291 e. The summed E-state index contributed by atoms with van der Waals surface area (Å²) in [5, 5.41) is 13.3. The number of pyridine rings is 1. The molecule has 0 saturated heterocycles. The van der Waals surface area contributed by atoms with E-state index in [1.807, 2.05) is 30.0 Å². The van der Waals surface area contributed by atoms with Crippen molar-refractivity contribution in [3.8, 4) is 6.07 Å². The number of nitriles is 1. The number of fused-ring (bicyclic) bond motifs is 1. The van der Waals surface area contributed by atoms with Crippen LogP contribution in [0.25, 0.3) is 0 Å². The number of H-pyrrole nitrogens is 1. The summed E-state index contributed by atoms with van der Waals surface area (Å²) in [5.74, 6) is 2.23. The maximum atomic E-state index is 9.85. The number of hydrogen-bond donors (Lipinski definition) is 1. The van der Waals surface area contributed by atoms with Gasteiger partial charge in [-0.1, -0.05) is 58.0 Å². The maximum absolute atomic E-state index is 9.85. The third kappa shape index (κ3) is 3.82. The Bertz CT molecular complexity index is 804. The number of aromatic nitrogens is 1. The lowest BCUT2D eigenvalue weighted by Gasteiger charge is -2.32. The van der Waals surface area contributed by atoms with Crippen LogP contribution in [0.5, 0.6) is 0 Å². The van der Waals surface area contributed by atoms with E-state index < -0.39 is 0 Å². The van der Waals surface area contributed by atoms with Gasteiger partial charge in [0.05, 0.1) is 0 Å². The topological polar surface area (TPSA) is 50.0 Å². The summed E-state index contributed by atoms with van der Waals surface area (Å²) in [6.07, 6.45) is 0.935. The Morgan fingerprint density at radius 2 is 1.96 bits per heavy atom. The lowest BCUT2D eigenvalue weighted by molar-refractivity contribution is -0.377. The summed E-state index contributed by atoms with van der Waals surface area (Å²) in [6.45, 7) is 9.67. The first-order valence-electron chi connectivity index (χ1n) is 8.84. The second-order valence-electron chi connectivity index (χ2n) is 7.58. The van der Waals surface area contributed by atoms with Crippen LogP contribution in [0.15, 0.2) is 30.3 Å². The van der Waals surface area contributed by atoms with Crippen LogP contribution in [0, 0.1) is 11.3 Å².